The van der Waals surface area contributed by atoms with Crippen molar-refractivity contribution in [1.82, 2.24) is 5.32 Å². The van der Waals surface area contributed by atoms with E-state index in [-0.39, 0.29) is 12.3 Å². The van der Waals surface area contributed by atoms with Gasteiger partial charge in [0.05, 0.1) is 5.02 Å². The third-order valence-corrected chi connectivity index (χ3v) is 3.31. The molecule has 88 valence electrons. The van der Waals surface area contributed by atoms with Crippen LogP contribution in [0, 0.1) is 0 Å². The van der Waals surface area contributed by atoms with Crippen molar-refractivity contribution in [1.29, 1.82) is 0 Å². The van der Waals surface area contributed by atoms with E-state index in [4.69, 9.17) is 16.7 Å². The minimum absolute atomic E-state index is 0.264. The molecular weight excluding hydrogens is 250 g/mol. The Morgan fingerprint density at radius 1 is 1.62 bits per heavy atom. The molecular formula is C10H12ClNO3S. The number of hydrogen-bond donors (Lipinski definition) is 2. The molecule has 1 heterocycles. The molecule has 0 saturated carbocycles. The first-order valence-electron chi connectivity index (χ1n) is 4.74. The van der Waals surface area contributed by atoms with Gasteiger partial charge in [0.15, 0.2) is 0 Å². The van der Waals surface area contributed by atoms with Crippen molar-refractivity contribution >= 4 is 34.8 Å². The quantitative estimate of drug-likeness (QED) is 0.851. The summed E-state index contributed by atoms with van der Waals surface area (Å²) >= 11 is 7.22. The minimum atomic E-state index is -1.03. The highest BCUT2D eigenvalue weighted by molar-refractivity contribution is 7.10. The van der Waals surface area contributed by atoms with Crippen molar-refractivity contribution in [3.05, 3.63) is 21.3 Å². The van der Waals surface area contributed by atoms with Crippen LogP contribution in [0.4, 0.5) is 0 Å². The molecule has 2 N–H and O–H groups in total. The van der Waals surface area contributed by atoms with Gasteiger partial charge in [0.25, 0.3) is 0 Å². The molecule has 1 atom stereocenters. The number of thiophene rings is 1. The third kappa shape index (κ3) is 4.20. The summed E-state index contributed by atoms with van der Waals surface area (Å²) < 4.78 is 0. The molecule has 16 heavy (non-hydrogen) atoms. The molecule has 0 saturated heterocycles. The molecule has 1 amide bonds. The van der Waals surface area contributed by atoms with Crippen LogP contribution < -0.4 is 5.32 Å². The van der Waals surface area contributed by atoms with E-state index in [1.54, 1.807) is 11.4 Å². The van der Waals surface area contributed by atoms with Crippen LogP contribution in [0.25, 0.3) is 0 Å². The summed E-state index contributed by atoms with van der Waals surface area (Å²) in [7, 11) is 0. The molecule has 0 radical (unpaired) electrons. The summed E-state index contributed by atoms with van der Waals surface area (Å²) in [4.78, 5) is 22.8. The first-order valence-corrected chi connectivity index (χ1v) is 6.00. The van der Waals surface area contributed by atoms with Gasteiger partial charge in [-0.3, -0.25) is 9.59 Å². The van der Waals surface area contributed by atoms with Crippen LogP contribution in [-0.2, 0) is 16.0 Å². The molecule has 4 nitrogen and oxygen atoms in total. The van der Waals surface area contributed by atoms with E-state index < -0.39 is 12.0 Å². The van der Waals surface area contributed by atoms with E-state index in [2.05, 4.69) is 5.32 Å². The predicted molar refractivity (Wildman–Crippen MR) is 62.9 cm³/mol. The fourth-order valence-corrected chi connectivity index (χ4v) is 2.17. The molecule has 0 bridgehead atoms. The summed E-state index contributed by atoms with van der Waals surface area (Å²) in [5, 5.41) is 13.4. The van der Waals surface area contributed by atoms with Crippen LogP contribution in [0.2, 0.25) is 5.02 Å². The van der Waals surface area contributed by atoms with E-state index in [1.165, 1.54) is 18.3 Å². The Morgan fingerprint density at radius 2 is 2.31 bits per heavy atom. The lowest BCUT2D eigenvalue weighted by molar-refractivity contribution is -0.141. The number of aliphatic carboxylic acids is 1. The Labute approximate surface area is 102 Å². The molecule has 1 unspecified atom stereocenters. The monoisotopic (exact) mass is 261 g/mol. The van der Waals surface area contributed by atoms with Crippen LogP contribution >= 0.6 is 22.9 Å². The number of halogens is 1. The highest BCUT2D eigenvalue weighted by atomic mass is 35.5. The number of rotatable bonds is 5. The lowest BCUT2D eigenvalue weighted by Gasteiger charge is -2.08. The maximum atomic E-state index is 11.3. The summed E-state index contributed by atoms with van der Waals surface area (Å²) in [6, 6.07) is 0.958. The smallest absolute Gasteiger partial charge is 0.325 e. The molecule has 0 aliphatic heterocycles. The van der Waals surface area contributed by atoms with Crippen molar-refractivity contribution in [2.45, 2.75) is 25.8 Å². The molecule has 1 aromatic rings. The normalized spacial score (nSPS) is 12.1. The number of aryl methyl sites for hydroxylation is 1. The number of carboxylic acids is 1. The van der Waals surface area contributed by atoms with E-state index in [9.17, 15) is 9.59 Å². The van der Waals surface area contributed by atoms with Crippen LogP contribution in [0.5, 0.6) is 0 Å². The average molecular weight is 262 g/mol. The lowest BCUT2D eigenvalue weighted by atomic mass is 10.2. The first kappa shape index (κ1) is 13.0. The maximum Gasteiger partial charge on any atom is 0.325 e. The molecule has 1 rings (SSSR count). The Kier molecular flexibility index (Phi) is 4.76. The van der Waals surface area contributed by atoms with Gasteiger partial charge in [-0.25, -0.2) is 0 Å². The van der Waals surface area contributed by atoms with Gasteiger partial charge in [0.1, 0.15) is 6.04 Å². The van der Waals surface area contributed by atoms with E-state index in [0.29, 0.717) is 11.4 Å². The second-order valence-electron chi connectivity index (χ2n) is 3.36. The summed E-state index contributed by atoms with van der Waals surface area (Å²) in [6.45, 7) is 1.43. The Balaban J connectivity index is 2.33. The summed E-state index contributed by atoms with van der Waals surface area (Å²) in [5.74, 6) is -1.30. The average Bonchev–Trinajstić information content (AvgIpc) is 2.61. The summed E-state index contributed by atoms with van der Waals surface area (Å²) in [6.07, 6.45) is 0.851. The van der Waals surface area contributed by atoms with Gasteiger partial charge in [0.2, 0.25) is 5.91 Å². The zero-order chi connectivity index (χ0) is 12.1. The van der Waals surface area contributed by atoms with Gasteiger partial charge in [-0.1, -0.05) is 11.6 Å². The Hall–Kier alpha value is -1.07. The second-order valence-corrected chi connectivity index (χ2v) is 4.79. The van der Waals surface area contributed by atoms with Crippen molar-refractivity contribution < 1.29 is 14.7 Å². The van der Waals surface area contributed by atoms with Gasteiger partial charge in [-0.05, 0) is 19.4 Å². The molecule has 0 aromatic carbocycles. The van der Waals surface area contributed by atoms with Gasteiger partial charge in [-0.2, -0.15) is 0 Å². The van der Waals surface area contributed by atoms with E-state index in [1.807, 2.05) is 0 Å². The maximum absolute atomic E-state index is 11.3. The van der Waals surface area contributed by atoms with Crippen molar-refractivity contribution in [3.63, 3.8) is 0 Å². The van der Waals surface area contributed by atoms with Crippen molar-refractivity contribution in [3.8, 4) is 0 Å². The van der Waals surface area contributed by atoms with Gasteiger partial charge < -0.3 is 10.4 Å². The van der Waals surface area contributed by atoms with Gasteiger partial charge >= 0.3 is 5.97 Å². The fraction of sp³-hybridized carbons (Fsp3) is 0.400. The molecule has 0 spiro atoms. The molecule has 6 heteroatoms. The van der Waals surface area contributed by atoms with E-state index in [0.717, 1.165) is 4.88 Å². The summed E-state index contributed by atoms with van der Waals surface area (Å²) in [5.41, 5.74) is 0. The number of hydrogen-bond acceptors (Lipinski definition) is 3. The molecule has 0 aliphatic rings. The third-order valence-electron chi connectivity index (χ3n) is 1.97. The van der Waals surface area contributed by atoms with Gasteiger partial charge in [-0.15, -0.1) is 11.3 Å². The Bertz CT molecular complexity index is 391. The molecule has 0 aliphatic carbocycles. The predicted octanol–water partition coefficient (Wildman–Crippen LogP) is 1.92. The lowest BCUT2D eigenvalue weighted by Crippen LogP contribution is -2.38. The van der Waals surface area contributed by atoms with Crippen molar-refractivity contribution in [2.75, 3.05) is 0 Å². The fourth-order valence-electron chi connectivity index (χ4n) is 1.10. The zero-order valence-electron chi connectivity index (χ0n) is 8.70. The standard InChI is InChI=1S/C10H12ClNO3S/c1-6(10(14)15)12-9(13)3-2-8-4-7(11)5-16-8/h4-6H,2-3H2,1H3,(H,12,13)(H,14,15). The van der Waals surface area contributed by atoms with Crippen molar-refractivity contribution in [2.24, 2.45) is 0 Å². The highest BCUT2D eigenvalue weighted by Crippen LogP contribution is 2.20. The zero-order valence-corrected chi connectivity index (χ0v) is 10.3. The minimum Gasteiger partial charge on any atom is -0.480 e. The van der Waals surface area contributed by atoms with Crippen LogP contribution in [-0.4, -0.2) is 23.0 Å². The second kappa shape index (κ2) is 5.86. The van der Waals surface area contributed by atoms with E-state index >= 15 is 0 Å². The topological polar surface area (TPSA) is 66.4 Å². The Morgan fingerprint density at radius 3 is 2.81 bits per heavy atom. The van der Waals surface area contributed by atoms with Gasteiger partial charge in [0, 0.05) is 16.7 Å². The molecule has 1 aromatic heterocycles. The number of amides is 1. The molecule has 0 fully saturated rings. The largest absolute Gasteiger partial charge is 0.480 e. The van der Waals surface area contributed by atoms with Crippen LogP contribution in [0.1, 0.15) is 18.2 Å². The SMILES string of the molecule is CC(NC(=O)CCc1cc(Cl)cs1)C(=O)O. The highest BCUT2D eigenvalue weighted by Gasteiger charge is 2.13. The first-order chi connectivity index (χ1) is 7.49. The number of carboxylic acid groups (broad SMARTS) is 1. The number of carbonyl (C=O) groups excluding carboxylic acids is 1. The number of nitrogens with one attached hydrogen (secondary N) is 1. The van der Waals surface area contributed by atoms with Crippen LogP contribution in [0.15, 0.2) is 11.4 Å². The van der Waals surface area contributed by atoms with Crippen LogP contribution in [0.3, 0.4) is 0 Å². The number of carbonyl (C=O) groups is 2.